The Balaban J connectivity index is 1.70. The van der Waals surface area contributed by atoms with Gasteiger partial charge in [-0.3, -0.25) is 4.79 Å². The van der Waals surface area contributed by atoms with E-state index in [1.54, 1.807) is 6.08 Å². The fourth-order valence-corrected chi connectivity index (χ4v) is 11.1. The minimum atomic E-state index is -1.80. The summed E-state index contributed by atoms with van der Waals surface area (Å²) < 4.78 is 22.8. The third kappa shape index (κ3) is 43.9. The van der Waals surface area contributed by atoms with Crippen LogP contribution in [0.5, 0.6) is 0 Å². The van der Waals surface area contributed by atoms with Crippen LogP contribution in [0.15, 0.2) is 122 Å². The van der Waals surface area contributed by atoms with Crippen molar-refractivity contribution < 1.29 is 64.6 Å². The molecule has 12 atom stereocenters. The van der Waals surface area contributed by atoms with Crippen LogP contribution >= 0.6 is 0 Å². The first kappa shape index (κ1) is 83.5. The van der Waals surface area contributed by atoms with E-state index in [4.69, 9.17) is 18.9 Å². The summed E-state index contributed by atoms with van der Waals surface area (Å²) in [7, 11) is 0. The van der Waals surface area contributed by atoms with Gasteiger partial charge in [0.2, 0.25) is 5.91 Å². The maximum atomic E-state index is 13.3. The first-order valence-electron chi connectivity index (χ1n) is 36.3. The number of aliphatic hydroxyl groups excluding tert-OH is 8. The first-order valence-corrected chi connectivity index (χ1v) is 36.3. The zero-order valence-corrected chi connectivity index (χ0v) is 56.8. The number of hydrogen-bond donors (Lipinski definition) is 9. The highest BCUT2D eigenvalue weighted by Gasteiger charge is 2.51. The van der Waals surface area contributed by atoms with Gasteiger partial charge in [-0.05, 0) is 96.3 Å². The van der Waals surface area contributed by atoms with Crippen molar-refractivity contribution in [3.63, 3.8) is 0 Å². The molecule has 12 unspecified atom stereocenters. The van der Waals surface area contributed by atoms with Gasteiger partial charge in [0.1, 0.15) is 48.8 Å². The van der Waals surface area contributed by atoms with Crippen LogP contribution in [0.2, 0.25) is 0 Å². The standard InChI is InChI=1S/C77H131NO13/c1-3-5-7-9-11-13-15-17-19-21-23-25-27-29-30-31-32-33-34-35-36-37-39-41-43-45-47-49-51-53-55-57-59-61-69(82)78-65(64-88-76-74(87)72(85)75(68(63-80)90-76)91-77-73(86)71(84)70(83)67(62-79)89-77)66(81)60-58-56-54-52-50-48-46-44-42-40-38-28-26-24-22-20-18-16-14-12-10-8-6-4-2/h5,7,11,13,17,19,23,25,29-30,32-33,35-36,39,41,50,52,58,60,65-68,70-77,79-81,83-87H,3-4,6,8-10,12,14-16,18,20-22,24,26-28,31,34,37-38,40,42-49,51,53-57,59,61-64H2,1-2H3,(H,78,82)/b7-5-,13-11-,19-17-,25-23-,30-29-,33-32-,36-35-,41-39-,52-50+,60-58+. The molecule has 0 radical (unpaired) electrons. The molecular formula is C77H131NO13. The Bertz CT molecular complexity index is 1990. The minimum absolute atomic E-state index is 0.256. The molecule has 2 fully saturated rings. The summed E-state index contributed by atoms with van der Waals surface area (Å²) in [5.41, 5.74) is 0. The van der Waals surface area contributed by atoms with Gasteiger partial charge >= 0.3 is 0 Å². The van der Waals surface area contributed by atoms with E-state index >= 15 is 0 Å². The van der Waals surface area contributed by atoms with E-state index in [2.05, 4.69) is 129 Å². The summed E-state index contributed by atoms with van der Waals surface area (Å²) in [6.45, 7) is 2.68. The Morgan fingerprint density at radius 3 is 1.21 bits per heavy atom. The van der Waals surface area contributed by atoms with Crippen molar-refractivity contribution in [2.75, 3.05) is 19.8 Å². The van der Waals surface area contributed by atoms with Crippen LogP contribution in [-0.2, 0) is 23.7 Å². The number of ether oxygens (including phenoxy) is 4. The van der Waals surface area contributed by atoms with Gasteiger partial charge in [-0.15, -0.1) is 0 Å². The molecule has 522 valence electrons. The molecule has 0 aromatic heterocycles. The maximum Gasteiger partial charge on any atom is 0.220 e. The molecule has 2 saturated heterocycles. The lowest BCUT2D eigenvalue weighted by molar-refractivity contribution is -0.359. The van der Waals surface area contributed by atoms with Crippen molar-refractivity contribution in [2.24, 2.45) is 0 Å². The second-order valence-corrected chi connectivity index (χ2v) is 25.0. The Labute approximate surface area is 552 Å². The minimum Gasteiger partial charge on any atom is -0.394 e. The van der Waals surface area contributed by atoms with Gasteiger partial charge in [0.15, 0.2) is 12.6 Å². The highest BCUT2D eigenvalue weighted by atomic mass is 16.7. The van der Waals surface area contributed by atoms with Crippen molar-refractivity contribution in [1.29, 1.82) is 0 Å². The molecule has 0 bridgehead atoms. The molecular weight excluding hydrogens is 1150 g/mol. The lowest BCUT2D eigenvalue weighted by Crippen LogP contribution is -2.65. The second-order valence-electron chi connectivity index (χ2n) is 25.0. The van der Waals surface area contributed by atoms with E-state index in [0.717, 1.165) is 96.3 Å². The molecule has 0 aromatic carbocycles. The summed E-state index contributed by atoms with van der Waals surface area (Å²) in [4.78, 5) is 13.3. The predicted octanol–water partition coefficient (Wildman–Crippen LogP) is 15.3. The van der Waals surface area contributed by atoms with Gasteiger partial charge in [-0.25, -0.2) is 0 Å². The van der Waals surface area contributed by atoms with E-state index < -0.39 is 86.8 Å². The third-order valence-electron chi connectivity index (χ3n) is 16.9. The summed E-state index contributed by atoms with van der Waals surface area (Å²) in [6.07, 6.45) is 71.0. The molecule has 0 spiro atoms. The lowest BCUT2D eigenvalue weighted by Gasteiger charge is -2.46. The van der Waals surface area contributed by atoms with E-state index in [9.17, 15) is 45.6 Å². The molecule has 0 aliphatic carbocycles. The molecule has 14 nitrogen and oxygen atoms in total. The van der Waals surface area contributed by atoms with Crippen LogP contribution in [0, 0.1) is 0 Å². The smallest absolute Gasteiger partial charge is 0.220 e. The summed E-state index contributed by atoms with van der Waals surface area (Å²) in [5.74, 6) is -0.261. The second kappa shape index (κ2) is 60.1. The number of aliphatic hydroxyl groups is 8. The van der Waals surface area contributed by atoms with Crippen LogP contribution < -0.4 is 5.32 Å². The van der Waals surface area contributed by atoms with Gasteiger partial charge in [-0.2, -0.15) is 0 Å². The average molecular weight is 1280 g/mol. The lowest BCUT2D eigenvalue weighted by atomic mass is 9.97. The number of allylic oxidation sites excluding steroid dienone is 19. The number of carbonyl (C=O) groups is 1. The molecule has 2 aliphatic heterocycles. The molecule has 0 saturated carbocycles. The zero-order valence-electron chi connectivity index (χ0n) is 56.8. The molecule has 2 aliphatic rings. The van der Waals surface area contributed by atoms with Crippen LogP contribution in [0.3, 0.4) is 0 Å². The average Bonchev–Trinajstić information content (AvgIpc) is 1.28. The number of carbonyl (C=O) groups excluding carboxylic acids is 1. The first-order chi connectivity index (χ1) is 44.6. The van der Waals surface area contributed by atoms with Crippen LogP contribution in [0.4, 0.5) is 0 Å². The Kier molecular flexibility index (Phi) is 55.1. The van der Waals surface area contributed by atoms with Gasteiger partial charge in [-0.1, -0.05) is 283 Å². The maximum absolute atomic E-state index is 13.3. The van der Waals surface area contributed by atoms with Crippen LogP contribution in [0.25, 0.3) is 0 Å². The largest absolute Gasteiger partial charge is 0.394 e. The van der Waals surface area contributed by atoms with Gasteiger partial charge < -0.3 is 65.1 Å². The number of hydrogen-bond acceptors (Lipinski definition) is 13. The quantitative estimate of drug-likeness (QED) is 0.0204. The van der Waals surface area contributed by atoms with Gasteiger partial charge in [0, 0.05) is 6.42 Å². The molecule has 9 N–H and O–H groups in total. The Hall–Kier alpha value is -3.61. The van der Waals surface area contributed by atoms with Crippen molar-refractivity contribution in [1.82, 2.24) is 5.32 Å². The molecule has 14 heteroatoms. The monoisotopic (exact) mass is 1280 g/mol. The molecule has 1 amide bonds. The zero-order chi connectivity index (χ0) is 65.9. The van der Waals surface area contributed by atoms with Crippen LogP contribution in [-0.4, -0.2) is 140 Å². The van der Waals surface area contributed by atoms with Crippen molar-refractivity contribution >= 4 is 5.91 Å². The molecule has 91 heavy (non-hydrogen) atoms. The normalized spacial score (nSPS) is 23.5. The summed E-state index contributed by atoms with van der Waals surface area (Å²) in [5, 5.41) is 87.5. The molecule has 0 aromatic rings. The van der Waals surface area contributed by atoms with Gasteiger partial charge in [0.25, 0.3) is 0 Å². The highest BCUT2D eigenvalue weighted by molar-refractivity contribution is 5.76. The fourth-order valence-electron chi connectivity index (χ4n) is 11.1. The number of unbranched alkanes of at least 4 members (excludes halogenated alkanes) is 27. The number of rotatable bonds is 58. The molecule has 2 rings (SSSR count). The van der Waals surface area contributed by atoms with Crippen molar-refractivity contribution in [2.45, 2.75) is 338 Å². The third-order valence-corrected chi connectivity index (χ3v) is 16.9. The highest BCUT2D eigenvalue weighted by Crippen LogP contribution is 2.30. The van der Waals surface area contributed by atoms with E-state index in [1.165, 1.54) is 135 Å². The van der Waals surface area contributed by atoms with Crippen LogP contribution in [0.1, 0.15) is 264 Å². The Morgan fingerprint density at radius 2 is 0.769 bits per heavy atom. The number of amides is 1. The molecule has 2 heterocycles. The number of nitrogens with one attached hydrogen (secondary N) is 1. The SMILES string of the molecule is CC/C=C\C/C=C\C/C=C\C/C=C\C/C=C\C/C=C\C/C=C\C/C=C\CCCCCCCCCCC(=O)NC(COC1OC(CO)C(OC2OC(CO)C(O)C(O)C2O)C(O)C1O)C(O)/C=C/CC/C=C/CCCCCCCCCCCCCCCCCCCC. The van der Waals surface area contributed by atoms with Crippen molar-refractivity contribution in [3.05, 3.63) is 122 Å². The van der Waals surface area contributed by atoms with Gasteiger partial charge in [0.05, 0.1) is 32.0 Å². The summed E-state index contributed by atoms with van der Waals surface area (Å²) >= 11 is 0. The summed E-state index contributed by atoms with van der Waals surface area (Å²) in [6, 6.07) is -0.947. The fraction of sp³-hybridized carbons (Fsp3) is 0.727. The van der Waals surface area contributed by atoms with E-state index in [1.807, 2.05) is 6.08 Å². The van der Waals surface area contributed by atoms with Crippen molar-refractivity contribution in [3.8, 4) is 0 Å². The predicted molar refractivity (Wildman–Crippen MR) is 373 cm³/mol. The van der Waals surface area contributed by atoms with E-state index in [0.29, 0.717) is 12.8 Å². The Morgan fingerprint density at radius 1 is 0.407 bits per heavy atom. The topological polar surface area (TPSA) is 228 Å². The van der Waals surface area contributed by atoms with E-state index in [-0.39, 0.29) is 18.9 Å².